The van der Waals surface area contributed by atoms with Gasteiger partial charge in [-0.2, -0.15) is 4.31 Å². The van der Waals surface area contributed by atoms with Crippen molar-refractivity contribution in [2.75, 3.05) is 18.4 Å². The molecule has 0 spiro atoms. The van der Waals surface area contributed by atoms with Crippen LogP contribution < -0.4 is 10.6 Å². The van der Waals surface area contributed by atoms with Gasteiger partial charge in [-0.3, -0.25) is 9.59 Å². The molecule has 8 nitrogen and oxygen atoms in total. The first-order valence-electron chi connectivity index (χ1n) is 9.55. The lowest BCUT2D eigenvalue weighted by Gasteiger charge is -2.31. The summed E-state index contributed by atoms with van der Waals surface area (Å²) in [6.07, 6.45) is 2.66. The van der Waals surface area contributed by atoms with Crippen molar-refractivity contribution in [3.8, 4) is 0 Å². The highest BCUT2D eigenvalue weighted by molar-refractivity contribution is 7.89. The Hall–Kier alpha value is -2.49. The molecule has 1 aliphatic rings. The van der Waals surface area contributed by atoms with Gasteiger partial charge in [-0.25, -0.2) is 13.4 Å². The van der Waals surface area contributed by atoms with Gasteiger partial charge in [0.1, 0.15) is 11.9 Å². The molecule has 0 radical (unpaired) electrons. The van der Waals surface area contributed by atoms with E-state index < -0.39 is 27.9 Å². The number of carbonyl (C=O) groups is 2. The Morgan fingerprint density at radius 2 is 1.93 bits per heavy atom. The van der Waals surface area contributed by atoms with E-state index in [0.717, 1.165) is 0 Å². The molecule has 1 aliphatic heterocycles. The van der Waals surface area contributed by atoms with Crippen molar-refractivity contribution in [3.05, 3.63) is 53.7 Å². The Morgan fingerprint density at radius 3 is 2.60 bits per heavy atom. The molecule has 3 rings (SSSR count). The van der Waals surface area contributed by atoms with Gasteiger partial charge in [0, 0.05) is 24.3 Å². The van der Waals surface area contributed by atoms with Gasteiger partial charge in [-0.15, -0.1) is 0 Å². The number of sulfonamides is 1. The van der Waals surface area contributed by atoms with Gasteiger partial charge in [-0.1, -0.05) is 17.7 Å². The predicted molar refractivity (Wildman–Crippen MR) is 113 cm³/mol. The van der Waals surface area contributed by atoms with E-state index in [1.165, 1.54) is 28.6 Å². The Kier molecular flexibility index (Phi) is 7.06. The second-order valence-electron chi connectivity index (χ2n) is 7.09. The summed E-state index contributed by atoms with van der Waals surface area (Å²) in [5, 5.41) is 5.75. The number of hydrogen-bond acceptors (Lipinski definition) is 5. The maximum absolute atomic E-state index is 12.9. The van der Waals surface area contributed by atoms with Crippen molar-refractivity contribution >= 4 is 39.3 Å². The fourth-order valence-electron chi connectivity index (χ4n) is 3.20. The Bertz CT molecular complexity index is 999. The summed E-state index contributed by atoms with van der Waals surface area (Å²) in [6.45, 7) is 1.97. The molecule has 2 aromatic rings. The van der Waals surface area contributed by atoms with Crippen LogP contribution in [0.2, 0.25) is 5.02 Å². The molecule has 1 aromatic heterocycles. The van der Waals surface area contributed by atoms with Gasteiger partial charge >= 0.3 is 0 Å². The molecule has 2 amide bonds. The average Bonchev–Trinajstić information content (AvgIpc) is 2.74. The highest BCUT2D eigenvalue weighted by Crippen LogP contribution is 2.25. The molecule has 2 N–H and O–H groups in total. The average molecular weight is 451 g/mol. The normalized spacial score (nSPS) is 18.4. The lowest BCUT2D eigenvalue weighted by atomic mass is 9.98. The number of rotatable bonds is 6. The molecule has 160 valence electrons. The quantitative estimate of drug-likeness (QED) is 0.701. The van der Waals surface area contributed by atoms with E-state index in [1.807, 2.05) is 0 Å². The first-order valence-corrected chi connectivity index (χ1v) is 11.4. The van der Waals surface area contributed by atoms with Crippen molar-refractivity contribution in [1.82, 2.24) is 14.6 Å². The zero-order valence-electron chi connectivity index (χ0n) is 16.4. The number of anilines is 1. The van der Waals surface area contributed by atoms with Gasteiger partial charge in [0.2, 0.25) is 21.8 Å². The number of piperidine rings is 1. The molecular weight excluding hydrogens is 428 g/mol. The van der Waals surface area contributed by atoms with Crippen molar-refractivity contribution in [2.24, 2.45) is 5.92 Å². The van der Waals surface area contributed by atoms with Gasteiger partial charge in [-0.05, 0) is 56.2 Å². The smallest absolute Gasteiger partial charge is 0.247 e. The van der Waals surface area contributed by atoms with Gasteiger partial charge < -0.3 is 10.6 Å². The van der Waals surface area contributed by atoms with E-state index in [4.69, 9.17) is 11.6 Å². The maximum atomic E-state index is 12.9. The Morgan fingerprint density at radius 1 is 1.20 bits per heavy atom. The fourth-order valence-corrected chi connectivity index (χ4v) is 4.85. The standard InChI is InChI=1S/C20H23ClN4O4S/c1-14(19(26)24-18-6-2-3-11-22-18)23-20(27)15-5-4-12-25(13-15)30(28,29)17-9-7-16(21)8-10-17/h2-3,6-11,14-15H,4-5,12-13H2,1H3,(H,23,27)(H,22,24,26)/t14-,15?/m1/s1. The van der Waals surface area contributed by atoms with Crippen LogP contribution in [-0.4, -0.2) is 48.7 Å². The Balaban J connectivity index is 1.61. The van der Waals surface area contributed by atoms with Crippen LogP contribution in [0.4, 0.5) is 5.82 Å². The van der Waals surface area contributed by atoms with E-state index >= 15 is 0 Å². The summed E-state index contributed by atoms with van der Waals surface area (Å²) >= 11 is 5.84. The summed E-state index contributed by atoms with van der Waals surface area (Å²) in [7, 11) is -3.72. The monoisotopic (exact) mass is 450 g/mol. The number of amides is 2. The first-order chi connectivity index (χ1) is 14.3. The molecule has 1 fully saturated rings. The number of halogens is 1. The summed E-state index contributed by atoms with van der Waals surface area (Å²) < 4.78 is 27.1. The molecule has 0 bridgehead atoms. The highest BCUT2D eigenvalue weighted by Gasteiger charge is 2.34. The molecule has 1 aromatic carbocycles. The lowest BCUT2D eigenvalue weighted by molar-refractivity contribution is -0.129. The molecule has 0 aliphatic carbocycles. The molecule has 0 saturated carbocycles. The molecule has 10 heteroatoms. The van der Waals surface area contributed by atoms with Crippen LogP contribution in [0.5, 0.6) is 0 Å². The van der Waals surface area contributed by atoms with Gasteiger partial charge in [0.05, 0.1) is 10.8 Å². The molecular formula is C20H23ClN4O4S. The van der Waals surface area contributed by atoms with Crippen LogP contribution in [0, 0.1) is 5.92 Å². The van der Waals surface area contributed by atoms with Crippen LogP contribution in [-0.2, 0) is 19.6 Å². The third kappa shape index (κ3) is 5.35. The van der Waals surface area contributed by atoms with Crippen molar-refractivity contribution in [2.45, 2.75) is 30.7 Å². The summed E-state index contributed by atoms with van der Waals surface area (Å²) in [5.41, 5.74) is 0. The maximum Gasteiger partial charge on any atom is 0.247 e. The predicted octanol–water partition coefficient (Wildman–Crippen LogP) is 2.28. The summed E-state index contributed by atoms with van der Waals surface area (Å²) in [5.74, 6) is -0.898. The SMILES string of the molecule is C[C@@H](NC(=O)C1CCCN(S(=O)(=O)c2ccc(Cl)cc2)C1)C(=O)Nc1ccccn1. The van der Waals surface area contributed by atoms with Crippen molar-refractivity contribution < 1.29 is 18.0 Å². The van der Waals surface area contributed by atoms with Crippen LogP contribution in [0.15, 0.2) is 53.6 Å². The van der Waals surface area contributed by atoms with Gasteiger partial charge in [0.15, 0.2) is 0 Å². The zero-order chi connectivity index (χ0) is 21.7. The number of hydrogen-bond donors (Lipinski definition) is 2. The minimum absolute atomic E-state index is 0.0609. The van der Waals surface area contributed by atoms with Crippen LogP contribution in [0.25, 0.3) is 0 Å². The third-order valence-corrected chi connectivity index (χ3v) is 7.01. The van der Waals surface area contributed by atoms with Crippen LogP contribution in [0.3, 0.4) is 0 Å². The van der Waals surface area contributed by atoms with Crippen molar-refractivity contribution in [1.29, 1.82) is 0 Å². The minimum atomic E-state index is -3.72. The molecule has 2 atom stereocenters. The second kappa shape index (κ2) is 9.55. The topological polar surface area (TPSA) is 108 Å². The third-order valence-electron chi connectivity index (χ3n) is 4.87. The largest absolute Gasteiger partial charge is 0.344 e. The number of nitrogens with zero attached hydrogens (tertiary/aromatic N) is 2. The van der Waals surface area contributed by atoms with Gasteiger partial charge in [0.25, 0.3) is 0 Å². The summed E-state index contributed by atoms with van der Waals surface area (Å²) in [6, 6.07) is 10.3. The molecule has 2 heterocycles. The zero-order valence-corrected chi connectivity index (χ0v) is 18.0. The number of benzene rings is 1. The number of carbonyl (C=O) groups excluding carboxylic acids is 2. The van der Waals surface area contributed by atoms with E-state index in [0.29, 0.717) is 30.2 Å². The number of pyridine rings is 1. The first kappa shape index (κ1) is 22.2. The van der Waals surface area contributed by atoms with Crippen LogP contribution >= 0.6 is 11.6 Å². The van der Waals surface area contributed by atoms with Crippen LogP contribution in [0.1, 0.15) is 19.8 Å². The summed E-state index contributed by atoms with van der Waals surface area (Å²) in [4.78, 5) is 29.1. The molecule has 30 heavy (non-hydrogen) atoms. The highest BCUT2D eigenvalue weighted by atomic mass is 35.5. The van der Waals surface area contributed by atoms with E-state index in [1.54, 1.807) is 31.3 Å². The van der Waals surface area contributed by atoms with E-state index in [2.05, 4.69) is 15.6 Å². The van der Waals surface area contributed by atoms with E-state index in [-0.39, 0.29) is 17.3 Å². The van der Waals surface area contributed by atoms with Crippen molar-refractivity contribution in [3.63, 3.8) is 0 Å². The number of nitrogens with one attached hydrogen (secondary N) is 2. The van der Waals surface area contributed by atoms with E-state index in [9.17, 15) is 18.0 Å². The Labute approximate surface area is 180 Å². The number of aromatic nitrogens is 1. The fraction of sp³-hybridized carbons (Fsp3) is 0.350. The lowest BCUT2D eigenvalue weighted by Crippen LogP contribution is -2.49. The second-order valence-corrected chi connectivity index (χ2v) is 9.47. The molecule has 1 unspecified atom stereocenters. The molecule has 1 saturated heterocycles. The minimum Gasteiger partial charge on any atom is -0.344 e.